The van der Waals surface area contributed by atoms with E-state index in [2.05, 4.69) is 15.5 Å². The lowest BCUT2D eigenvalue weighted by atomic mass is 10.1. The van der Waals surface area contributed by atoms with Crippen LogP contribution in [0.1, 0.15) is 26.6 Å². The summed E-state index contributed by atoms with van der Waals surface area (Å²) in [6, 6.07) is 18.0. The van der Waals surface area contributed by atoms with Crippen molar-refractivity contribution in [1.82, 2.24) is 19.6 Å². The average molecular weight is 482 g/mol. The van der Waals surface area contributed by atoms with Crippen LogP contribution in [-0.2, 0) is 6.18 Å². The molecule has 0 spiro atoms. The van der Waals surface area contributed by atoms with Crippen LogP contribution in [0, 0.1) is 13.8 Å². The van der Waals surface area contributed by atoms with Crippen LogP contribution in [0.3, 0.4) is 0 Å². The van der Waals surface area contributed by atoms with Gasteiger partial charge in [0.25, 0.3) is 5.91 Å². The number of carbonyl (C=O) groups is 1. The number of fused-ring (bicyclic) bond motifs is 1. The Morgan fingerprint density at radius 1 is 0.941 bits per heavy atom. The monoisotopic (exact) mass is 481 g/mol. The zero-order valence-electron chi connectivity index (χ0n) is 18.1. The molecule has 0 unspecified atom stereocenters. The van der Waals surface area contributed by atoms with Gasteiger partial charge < -0.3 is 5.32 Å². The van der Waals surface area contributed by atoms with E-state index in [-0.39, 0.29) is 11.5 Å². The normalized spacial score (nSPS) is 11.8. The first-order valence-corrected chi connectivity index (χ1v) is 11.1. The number of anilines is 1. The van der Waals surface area contributed by atoms with Crippen molar-refractivity contribution in [1.29, 1.82) is 0 Å². The Kier molecular flexibility index (Phi) is 5.24. The van der Waals surface area contributed by atoms with Gasteiger partial charge in [0.05, 0.1) is 33.2 Å². The number of carbonyl (C=O) groups excluding carboxylic acids is 1. The van der Waals surface area contributed by atoms with E-state index >= 15 is 0 Å². The first kappa shape index (κ1) is 21.9. The maximum absolute atomic E-state index is 13.6. The summed E-state index contributed by atoms with van der Waals surface area (Å²) < 4.78 is 43.6. The van der Waals surface area contributed by atoms with E-state index in [1.807, 2.05) is 37.3 Å². The number of nitrogens with zero attached hydrogens (tertiary/aromatic N) is 4. The summed E-state index contributed by atoms with van der Waals surface area (Å²) in [6.07, 6.45) is -4.57. The summed E-state index contributed by atoms with van der Waals surface area (Å²) in [7, 11) is 0. The van der Waals surface area contributed by atoms with Crippen molar-refractivity contribution < 1.29 is 18.0 Å². The first-order valence-electron chi connectivity index (χ1n) is 10.3. The number of aryl methyl sites for hydroxylation is 2. The lowest BCUT2D eigenvalue weighted by Crippen LogP contribution is -2.16. The summed E-state index contributed by atoms with van der Waals surface area (Å²) in [6.45, 7) is 3.52. The highest BCUT2D eigenvalue weighted by Crippen LogP contribution is 2.35. The number of aromatic nitrogens is 4. The fraction of sp³-hybridized carbons (Fsp3) is 0.125. The molecule has 6 nitrogen and oxygen atoms in total. The van der Waals surface area contributed by atoms with Gasteiger partial charge in [0.2, 0.25) is 0 Å². The Hall–Kier alpha value is -3.92. The van der Waals surface area contributed by atoms with Crippen LogP contribution in [-0.4, -0.2) is 25.5 Å². The predicted octanol–water partition coefficient (Wildman–Crippen LogP) is 6.16. The van der Waals surface area contributed by atoms with Gasteiger partial charge in [-0.3, -0.25) is 4.79 Å². The number of alkyl halides is 3. The summed E-state index contributed by atoms with van der Waals surface area (Å²) in [5.41, 5.74) is 1.11. The molecule has 0 aliphatic heterocycles. The minimum Gasteiger partial charge on any atom is -0.306 e. The van der Waals surface area contributed by atoms with E-state index in [1.165, 1.54) is 35.6 Å². The molecular weight excluding hydrogens is 463 g/mol. The van der Waals surface area contributed by atoms with Gasteiger partial charge >= 0.3 is 6.18 Å². The van der Waals surface area contributed by atoms with E-state index in [1.54, 1.807) is 17.7 Å². The molecule has 3 heterocycles. The van der Waals surface area contributed by atoms with Gasteiger partial charge in [-0.15, -0.1) is 11.3 Å². The molecule has 0 aliphatic carbocycles. The molecule has 0 saturated carbocycles. The maximum atomic E-state index is 13.6. The van der Waals surface area contributed by atoms with Gasteiger partial charge in [-0.2, -0.15) is 23.4 Å². The number of hydrogen-bond acceptors (Lipinski definition) is 4. The number of para-hydroxylation sites is 2. The van der Waals surface area contributed by atoms with Crippen LogP contribution in [0.15, 0.2) is 66.7 Å². The first-order chi connectivity index (χ1) is 16.2. The van der Waals surface area contributed by atoms with Crippen molar-refractivity contribution in [3.05, 3.63) is 88.6 Å². The molecule has 172 valence electrons. The number of amides is 1. The number of rotatable bonds is 4. The van der Waals surface area contributed by atoms with Crippen LogP contribution >= 0.6 is 11.3 Å². The number of nitrogens with one attached hydrogen (secondary N) is 1. The average Bonchev–Trinajstić information content (AvgIpc) is 3.48. The third-order valence-corrected chi connectivity index (χ3v) is 6.39. The molecule has 1 amide bonds. The molecule has 10 heteroatoms. The SMILES string of the molecule is Cc1cc(NC(=O)c2cc3c(C)nn(-c4ccccc4)c3s2)n(-c2ccccc2C(F)(F)F)n1. The third-order valence-electron chi connectivity index (χ3n) is 5.28. The second-order valence-electron chi connectivity index (χ2n) is 7.71. The Morgan fingerprint density at radius 3 is 2.38 bits per heavy atom. The largest absolute Gasteiger partial charge is 0.418 e. The van der Waals surface area contributed by atoms with E-state index in [4.69, 9.17) is 0 Å². The van der Waals surface area contributed by atoms with Crippen molar-refractivity contribution >= 4 is 33.3 Å². The minimum atomic E-state index is -4.57. The smallest absolute Gasteiger partial charge is 0.306 e. The quantitative estimate of drug-likeness (QED) is 0.334. The number of hydrogen-bond donors (Lipinski definition) is 1. The summed E-state index contributed by atoms with van der Waals surface area (Å²) in [4.78, 5) is 14.3. The Balaban J connectivity index is 1.52. The molecule has 0 radical (unpaired) electrons. The van der Waals surface area contributed by atoms with Gasteiger partial charge in [-0.25, -0.2) is 9.36 Å². The van der Waals surface area contributed by atoms with E-state index in [9.17, 15) is 18.0 Å². The molecule has 0 aliphatic rings. The predicted molar refractivity (Wildman–Crippen MR) is 125 cm³/mol. The van der Waals surface area contributed by atoms with Crippen molar-refractivity contribution in [2.75, 3.05) is 5.32 Å². The molecule has 2 aromatic carbocycles. The second kappa shape index (κ2) is 8.14. The van der Waals surface area contributed by atoms with Gasteiger partial charge in [-0.1, -0.05) is 30.3 Å². The van der Waals surface area contributed by atoms with Gasteiger partial charge in [0.1, 0.15) is 10.6 Å². The number of halogens is 3. The van der Waals surface area contributed by atoms with Crippen molar-refractivity contribution in [2.24, 2.45) is 0 Å². The molecular formula is C24H18F3N5OS. The zero-order chi connectivity index (χ0) is 24.0. The summed E-state index contributed by atoms with van der Waals surface area (Å²) >= 11 is 1.26. The summed E-state index contributed by atoms with van der Waals surface area (Å²) in [5, 5.41) is 12.3. The number of benzene rings is 2. The van der Waals surface area contributed by atoms with Gasteiger partial charge in [0, 0.05) is 11.5 Å². The molecule has 5 aromatic rings. The summed E-state index contributed by atoms with van der Waals surface area (Å²) in [5.74, 6) is -0.288. The molecule has 3 aromatic heterocycles. The van der Waals surface area contributed by atoms with Crippen molar-refractivity contribution in [3.63, 3.8) is 0 Å². The minimum absolute atomic E-state index is 0.151. The van der Waals surface area contributed by atoms with Crippen LogP contribution in [0.4, 0.5) is 19.0 Å². The molecule has 0 bridgehead atoms. The van der Waals surface area contributed by atoms with Crippen LogP contribution in [0.5, 0.6) is 0 Å². The lowest BCUT2D eigenvalue weighted by Gasteiger charge is -2.14. The van der Waals surface area contributed by atoms with Gasteiger partial charge in [0.15, 0.2) is 0 Å². The lowest BCUT2D eigenvalue weighted by molar-refractivity contribution is -0.137. The van der Waals surface area contributed by atoms with E-state index in [0.29, 0.717) is 10.6 Å². The fourth-order valence-electron chi connectivity index (χ4n) is 3.75. The molecule has 0 saturated heterocycles. The Bertz CT molecular complexity index is 1510. The van der Waals surface area contributed by atoms with Crippen molar-refractivity contribution in [2.45, 2.75) is 20.0 Å². The maximum Gasteiger partial charge on any atom is 0.418 e. The van der Waals surface area contributed by atoms with Crippen molar-refractivity contribution in [3.8, 4) is 11.4 Å². The molecule has 5 rings (SSSR count). The topological polar surface area (TPSA) is 64.7 Å². The van der Waals surface area contributed by atoms with E-state index in [0.717, 1.165) is 32.3 Å². The standard InChI is InChI=1S/C24H18F3N5OS/c1-14-12-21(32(29-14)19-11-7-6-10-18(19)24(25,26)27)28-22(33)20-13-17-15(2)30-31(23(17)34-20)16-8-4-3-5-9-16/h3-13H,1-2H3,(H,28,33). The van der Waals surface area contributed by atoms with Crippen LogP contribution < -0.4 is 5.32 Å². The Morgan fingerprint density at radius 2 is 1.65 bits per heavy atom. The highest BCUT2D eigenvalue weighted by Gasteiger charge is 2.34. The molecule has 1 N–H and O–H groups in total. The van der Waals surface area contributed by atoms with Gasteiger partial charge in [-0.05, 0) is 44.2 Å². The fourth-order valence-corrected chi connectivity index (χ4v) is 4.83. The molecule has 0 fully saturated rings. The number of thiophene rings is 1. The Labute approximate surface area is 196 Å². The van der Waals surface area contributed by atoms with Crippen LogP contribution in [0.25, 0.3) is 21.6 Å². The third kappa shape index (κ3) is 3.86. The van der Waals surface area contributed by atoms with E-state index < -0.39 is 17.6 Å². The highest BCUT2D eigenvalue weighted by atomic mass is 32.1. The zero-order valence-corrected chi connectivity index (χ0v) is 18.9. The second-order valence-corrected chi connectivity index (χ2v) is 8.74. The molecule has 34 heavy (non-hydrogen) atoms. The highest BCUT2D eigenvalue weighted by molar-refractivity contribution is 7.20. The molecule has 0 atom stereocenters. The van der Waals surface area contributed by atoms with Crippen LogP contribution in [0.2, 0.25) is 0 Å².